The molecule has 0 unspecified atom stereocenters. The van der Waals surface area contributed by atoms with Gasteiger partial charge in [-0.05, 0) is 31.9 Å². The van der Waals surface area contributed by atoms with Crippen molar-refractivity contribution >= 4 is 12.2 Å². The van der Waals surface area contributed by atoms with Gasteiger partial charge in [-0.15, -0.1) is 0 Å². The van der Waals surface area contributed by atoms with Crippen LogP contribution in [0.3, 0.4) is 0 Å². The molecule has 0 aliphatic rings. The smallest absolute Gasteiger partial charge is 0.336 e. The summed E-state index contributed by atoms with van der Waals surface area (Å²) in [6.07, 6.45) is 5.94. The van der Waals surface area contributed by atoms with Gasteiger partial charge in [-0.2, -0.15) is 0 Å². The summed E-state index contributed by atoms with van der Waals surface area (Å²) < 4.78 is 5.14. The van der Waals surface area contributed by atoms with Gasteiger partial charge in [-0.1, -0.05) is 19.4 Å². The number of unbranched alkanes of at least 4 members (excludes halogenated alkanes) is 1. The maximum atomic E-state index is 11.1. The van der Waals surface area contributed by atoms with E-state index in [0.717, 1.165) is 23.6 Å². The fraction of sp³-hybridized carbons (Fsp3) is 0.417. The molecule has 0 bridgehead atoms. The predicted molar refractivity (Wildman–Crippen MR) is 58.5 cm³/mol. The van der Waals surface area contributed by atoms with E-state index in [0.29, 0.717) is 5.42 Å². The van der Waals surface area contributed by atoms with Gasteiger partial charge in [-0.3, -0.25) is 0 Å². The van der Waals surface area contributed by atoms with Crippen molar-refractivity contribution in [1.29, 1.82) is 0 Å². The highest BCUT2D eigenvalue weighted by Crippen LogP contribution is 1.86. The van der Waals surface area contributed by atoms with Gasteiger partial charge in [0.25, 0.3) is 0 Å². The minimum Gasteiger partial charge on any atom is -0.423 e. The summed E-state index contributed by atoms with van der Waals surface area (Å²) in [5.41, 5.74) is 1.42. The maximum absolute atomic E-state index is 11.1. The van der Waals surface area contributed by atoms with E-state index >= 15 is 0 Å². The van der Waals surface area contributed by atoms with Crippen LogP contribution in [0.4, 0.5) is 0 Å². The summed E-state index contributed by atoms with van der Waals surface area (Å²) in [6.45, 7) is 5.97. The summed E-state index contributed by atoms with van der Waals surface area (Å²) in [7, 11) is 0. The lowest BCUT2D eigenvalue weighted by molar-refractivity contribution is 0.470. The Morgan fingerprint density at radius 2 is 2.21 bits per heavy atom. The van der Waals surface area contributed by atoms with E-state index in [-0.39, 0.29) is 5.63 Å². The molecule has 1 heterocycles. The third-order valence-corrected chi connectivity index (χ3v) is 2.14. The molecule has 14 heavy (non-hydrogen) atoms. The van der Waals surface area contributed by atoms with Gasteiger partial charge >= 0.3 is 5.63 Å². The molecule has 1 aromatic rings. The van der Waals surface area contributed by atoms with Crippen molar-refractivity contribution < 1.29 is 4.42 Å². The lowest BCUT2D eigenvalue weighted by Gasteiger charge is -1.94. The highest BCUT2D eigenvalue weighted by molar-refractivity contribution is 5.29. The van der Waals surface area contributed by atoms with E-state index in [4.69, 9.17) is 4.42 Å². The molecule has 0 N–H and O–H groups in total. The Hall–Kier alpha value is -1.31. The van der Waals surface area contributed by atoms with Crippen LogP contribution in [-0.4, -0.2) is 0 Å². The molecule has 0 saturated heterocycles. The highest BCUT2D eigenvalue weighted by atomic mass is 16.4. The Labute approximate surface area is 83.6 Å². The lowest BCUT2D eigenvalue weighted by atomic mass is 10.2. The van der Waals surface area contributed by atoms with E-state index in [1.54, 1.807) is 0 Å². The van der Waals surface area contributed by atoms with Crippen LogP contribution in [0, 0.1) is 6.92 Å². The predicted octanol–water partition coefficient (Wildman–Crippen LogP) is 1.33. The van der Waals surface area contributed by atoms with Crippen LogP contribution in [0.1, 0.15) is 32.3 Å². The number of hydrogen-bond donors (Lipinski definition) is 0. The second-order valence-corrected chi connectivity index (χ2v) is 3.31. The van der Waals surface area contributed by atoms with Crippen molar-refractivity contribution in [1.82, 2.24) is 0 Å². The molecule has 0 saturated carbocycles. The van der Waals surface area contributed by atoms with Crippen molar-refractivity contribution in [2.45, 2.75) is 33.6 Å². The van der Waals surface area contributed by atoms with Crippen LogP contribution >= 0.6 is 0 Å². The largest absolute Gasteiger partial charge is 0.423 e. The van der Waals surface area contributed by atoms with Crippen molar-refractivity contribution in [3.8, 4) is 0 Å². The molecule has 0 spiro atoms. The summed E-state index contributed by atoms with van der Waals surface area (Å²) in [5.74, 6) is 0. The molecule has 0 radical (unpaired) electrons. The van der Waals surface area contributed by atoms with Crippen LogP contribution < -0.4 is 16.3 Å². The van der Waals surface area contributed by atoms with E-state index in [9.17, 15) is 4.79 Å². The lowest BCUT2D eigenvalue weighted by Crippen LogP contribution is -2.31. The molecule has 2 heteroatoms. The van der Waals surface area contributed by atoms with Crippen LogP contribution in [0.15, 0.2) is 15.3 Å². The zero-order valence-electron chi connectivity index (χ0n) is 8.96. The standard InChI is InChI=1S/C12H16O2/c1-4-6-7-11-10(5-2)9(3)8-12(13)14-11/h5,7-8H,4,6H2,1-3H3. The topological polar surface area (TPSA) is 30.2 Å². The van der Waals surface area contributed by atoms with Gasteiger partial charge < -0.3 is 4.42 Å². The van der Waals surface area contributed by atoms with E-state index in [1.165, 1.54) is 6.07 Å². The van der Waals surface area contributed by atoms with Gasteiger partial charge in [0.15, 0.2) is 0 Å². The number of rotatable bonds is 2. The molecular weight excluding hydrogens is 176 g/mol. The van der Waals surface area contributed by atoms with Crippen molar-refractivity contribution in [2.24, 2.45) is 0 Å². The molecule has 0 aliphatic carbocycles. The van der Waals surface area contributed by atoms with Crippen molar-refractivity contribution in [2.75, 3.05) is 0 Å². The number of hydrogen-bond acceptors (Lipinski definition) is 2. The average molecular weight is 192 g/mol. The maximum Gasteiger partial charge on any atom is 0.336 e. The molecule has 0 amide bonds. The summed E-state index contributed by atoms with van der Waals surface area (Å²) in [4.78, 5) is 11.1. The minimum absolute atomic E-state index is 0.268. The minimum atomic E-state index is -0.268. The van der Waals surface area contributed by atoms with Gasteiger partial charge in [0.2, 0.25) is 0 Å². The van der Waals surface area contributed by atoms with Crippen LogP contribution in [-0.2, 0) is 0 Å². The SMILES string of the molecule is CC=c1c(C)cc(=O)oc1=CCCC. The molecule has 1 rings (SSSR count). The van der Waals surface area contributed by atoms with Crippen molar-refractivity contribution in [3.63, 3.8) is 0 Å². The molecule has 0 aromatic carbocycles. The number of aryl methyl sites for hydroxylation is 1. The Morgan fingerprint density at radius 3 is 2.79 bits per heavy atom. The molecular formula is C12H16O2. The fourth-order valence-electron chi connectivity index (χ4n) is 1.44. The average Bonchev–Trinajstić information content (AvgIpc) is 2.14. The van der Waals surface area contributed by atoms with E-state index in [2.05, 4.69) is 6.92 Å². The molecule has 0 aliphatic heterocycles. The van der Waals surface area contributed by atoms with Crippen LogP contribution in [0.5, 0.6) is 0 Å². The van der Waals surface area contributed by atoms with Gasteiger partial charge in [0.05, 0.1) is 0 Å². The molecule has 0 atom stereocenters. The Balaban J connectivity index is 3.49. The zero-order valence-corrected chi connectivity index (χ0v) is 8.96. The first-order valence-corrected chi connectivity index (χ1v) is 4.96. The Morgan fingerprint density at radius 1 is 1.50 bits per heavy atom. The summed E-state index contributed by atoms with van der Waals surface area (Å²) in [6, 6.07) is 1.53. The molecule has 76 valence electrons. The quantitative estimate of drug-likeness (QED) is 0.707. The van der Waals surface area contributed by atoms with Gasteiger partial charge in [0.1, 0.15) is 5.42 Å². The van der Waals surface area contributed by atoms with E-state index in [1.807, 2.05) is 26.0 Å². The molecule has 0 fully saturated rings. The van der Waals surface area contributed by atoms with Crippen molar-refractivity contribution in [3.05, 3.63) is 32.7 Å². The molecule has 1 aromatic heterocycles. The Bertz CT molecular complexity index is 466. The van der Waals surface area contributed by atoms with Crippen LogP contribution in [0.2, 0.25) is 0 Å². The van der Waals surface area contributed by atoms with Gasteiger partial charge in [-0.25, -0.2) is 4.79 Å². The third kappa shape index (κ3) is 2.34. The monoisotopic (exact) mass is 192 g/mol. The summed E-state index contributed by atoms with van der Waals surface area (Å²) >= 11 is 0. The van der Waals surface area contributed by atoms with E-state index < -0.39 is 0 Å². The first kappa shape index (κ1) is 10.8. The highest BCUT2D eigenvalue weighted by Gasteiger charge is 1.94. The zero-order chi connectivity index (χ0) is 10.6. The molecule has 2 nitrogen and oxygen atoms in total. The first-order valence-electron chi connectivity index (χ1n) is 4.96. The third-order valence-electron chi connectivity index (χ3n) is 2.14. The second-order valence-electron chi connectivity index (χ2n) is 3.31. The summed E-state index contributed by atoms with van der Waals surface area (Å²) in [5, 5.41) is 1.03. The fourth-order valence-corrected chi connectivity index (χ4v) is 1.44. The second kappa shape index (κ2) is 4.80. The normalized spacial score (nSPS) is 13.6. The van der Waals surface area contributed by atoms with Gasteiger partial charge in [0, 0.05) is 11.3 Å². The Kier molecular flexibility index (Phi) is 3.69. The van der Waals surface area contributed by atoms with Crippen LogP contribution in [0.25, 0.3) is 12.2 Å². The first-order chi connectivity index (χ1) is 6.69.